The lowest BCUT2D eigenvalue weighted by atomic mass is 10.3. The molecule has 0 saturated carbocycles. The number of nitro groups is 1. The van der Waals surface area contributed by atoms with Crippen LogP contribution in [0.2, 0.25) is 0 Å². The number of rotatable bonds is 8. The van der Waals surface area contributed by atoms with Crippen molar-refractivity contribution in [2.45, 2.75) is 6.42 Å². The summed E-state index contributed by atoms with van der Waals surface area (Å²) in [5.74, 6) is -0.602. The standard InChI is InChI=1S/C16H15N7O3S/c24-16(12-5-1-2-7-17-12)22-21-15-13(23(25)26)14(19-10-20-15)18-8-6-11-4-3-9-27-11/h1-5,7,9-10H,6,8H2,(H,22,24)(H2,18,19,20,21). The van der Waals surface area contributed by atoms with Gasteiger partial charge in [-0.1, -0.05) is 12.1 Å². The molecule has 0 aliphatic carbocycles. The maximum Gasteiger partial charge on any atom is 0.354 e. The molecule has 0 fully saturated rings. The third-order valence-electron chi connectivity index (χ3n) is 3.44. The Kier molecular flexibility index (Phi) is 5.84. The van der Waals surface area contributed by atoms with Crippen molar-refractivity contribution < 1.29 is 9.72 Å². The van der Waals surface area contributed by atoms with E-state index in [4.69, 9.17) is 0 Å². The van der Waals surface area contributed by atoms with Crippen LogP contribution in [0.25, 0.3) is 0 Å². The second-order valence-electron chi connectivity index (χ2n) is 5.23. The van der Waals surface area contributed by atoms with E-state index in [1.54, 1.807) is 23.5 Å². The highest BCUT2D eigenvalue weighted by Gasteiger charge is 2.23. The molecular weight excluding hydrogens is 370 g/mol. The van der Waals surface area contributed by atoms with Gasteiger partial charge in [0.05, 0.1) is 4.92 Å². The average molecular weight is 385 g/mol. The smallest absolute Gasteiger partial charge is 0.354 e. The zero-order valence-corrected chi connectivity index (χ0v) is 14.8. The summed E-state index contributed by atoms with van der Waals surface area (Å²) in [6.07, 6.45) is 3.35. The van der Waals surface area contributed by atoms with Crippen molar-refractivity contribution in [3.63, 3.8) is 0 Å². The number of thiophene rings is 1. The normalized spacial score (nSPS) is 10.2. The van der Waals surface area contributed by atoms with Crippen LogP contribution < -0.4 is 16.2 Å². The molecule has 0 unspecified atom stereocenters. The molecule has 3 aromatic heterocycles. The van der Waals surface area contributed by atoms with Crippen molar-refractivity contribution in [3.05, 3.63) is 68.9 Å². The fourth-order valence-corrected chi connectivity index (χ4v) is 2.92. The number of carbonyl (C=O) groups excluding carboxylic acids is 1. The number of hydrogen-bond donors (Lipinski definition) is 3. The number of aromatic nitrogens is 3. The maximum absolute atomic E-state index is 12.0. The van der Waals surface area contributed by atoms with Gasteiger partial charge in [-0.05, 0) is 30.0 Å². The second-order valence-corrected chi connectivity index (χ2v) is 6.26. The Morgan fingerprint density at radius 2 is 2.00 bits per heavy atom. The van der Waals surface area contributed by atoms with E-state index in [9.17, 15) is 14.9 Å². The molecule has 0 aliphatic heterocycles. The monoisotopic (exact) mass is 385 g/mol. The number of anilines is 2. The van der Waals surface area contributed by atoms with Crippen molar-refractivity contribution in [1.29, 1.82) is 0 Å². The lowest BCUT2D eigenvalue weighted by molar-refractivity contribution is -0.383. The van der Waals surface area contributed by atoms with Gasteiger partial charge in [-0.15, -0.1) is 11.3 Å². The molecule has 3 aromatic rings. The molecule has 27 heavy (non-hydrogen) atoms. The van der Waals surface area contributed by atoms with Gasteiger partial charge in [0, 0.05) is 17.6 Å². The van der Waals surface area contributed by atoms with Crippen LogP contribution in [0.5, 0.6) is 0 Å². The number of amides is 1. The second kappa shape index (κ2) is 8.67. The lowest BCUT2D eigenvalue weighted by Gasteiger charge is -2.10. The first kappa shape index (κ1) is 18.2. The van der Waals surface area contributed by atoms with Crippen molar-refractivity contribution >= 4 is 34.6 Å². The van der Waals surface area contributed by atoms with Crippen LogP contribution in [-0.4, -0.2) is 32.3 Å². The van der Waals surface area contributed by atoms with Gasteiger partial charge in [-0.2, -0.15) is 0 Å². The fourth-order valence-electron chi connectivity index (χ4n) is 2.21. The molecule has 11 heteroatoms. The zero-order valence-electron chi connectivity index (χ0n) is 14.0. The molecule has 0 saturated heterocycles. The number of pyridine rings is 1. The van der Waals surface area contributed by atoms with E-state index >= 15 is 0 Å². The SMILES string of the molecule is O=C(NNc1ncnc(NCCc2cccs2)c1[N+](=O)[O-])c1ccccn1. The topological polar surface area (TPSA) is 135 Å². The van der Waals surface area contributed by atoms with Gasteiger partial charge in [0.1, 0.15) is 12.0 Å². The summed E-state index contributed by atoms with van der Waals surface area (Å²) >= 11 is 1.61. The van der Waals surface area contributed by atoms with Crippen LogP contribution in [0.3, 0.4) is 0 Å². The molecule has 0 bridgehead atoms. The van der Waals surface area contributed by atoms with Crippen molar-refractivity contribution in [3.8, 4) is 0 Å². The molecule has 10 nitrogen and oxygen atoms in total. The van der Waals surface area contributed by atoms with Crippen molar-refractivity contribution in [2.24, 2.45) is 0 Å². The van der Waals surface area contributed by atoms with Gasteiger partial charge in [0.25, 0.3) is 5.91 Å². The largest absolute Gasteiger partial charge is 0.364 e. The Morgan fingerprint density at radius 1 is 1.15 bits per heavy atom. The maximum atomic E-state index is 12.0. The molecular formula is C16H15N7O3S. The van der Waals surface area contributed by atoms with E-state index in [1.165, 1.54) is 18.6 Å². The van der Waals surface area contributed by atoms with E-state index in [2.05, 4.69) is 31.1 Å². The number of hydrogen-bond acceptors (Lipinski definition) is 9. The molecule has 138 valence electrons. The summed E-state index contributed by atoms with van der Waals surface area (Å²) in [5, 5.41) is 16.4. The molecule has 0 aliphatic rings. The van der Waals surface area contributed by atoms with Crippen LogP contribution in [0.4, 0.5) is 17.3 Å². The highest BCUT2D eigenvalue weighted by molar-refractivity contribution is 7.09. The third-order valence-corrected chi connectivity index (χ3v) is 4.38. The third kappa shape index (κ3) is 4.73. The van der Waals surface area contributed by atoms with Crippen molar-refractivity contribution in [1.82, 2.24) is 20.4 Å². The lowest BCUT2D eigenvalue weighted by Crippen LogP contribution is -2.31. The highest BCUT2D eigenvalue weighted by atomic mass is 32.1. The summed E-state index contributed by atoms with van der Waals surface area (Å²) in [7, 11) is 0. The number of hydrazine groups is 1. The summed E-state index contributed by atoms with van der Waals surface area (Å²) < 4.78 is 0. The van der Waals surface area contributed by atoms with E-state index in [1.807, 2.05) is 17.5 Å². The Hall–Kier alpha value is -3.60. The summed E-state index contributed by atoms with van der Waals surface area (Å²) in [4.78, 5) is 35.7. The van der Waals surface area contributed by atoms with Gasteiger partial charge >= 0.3 is 5.69 Å². The van der Waals surface area contributed by atoms with E-state index in [-0.39, 0.29) is 23.0 Å². The predicted molar refractivity (Wildman–Crippen MR) is 101 cm³/mol. The summed E-state index contributed by atoms with van der Waals surface area (Å²) in [6.45, 7) is 0.470. The Morgan fingerprint density at radius 3 is 2.70 bits per heavy atom. The highest BCUT2D eigenvalue weighted by Crippen LogP contribution is 2.28. The minimum atomic E-state index is -0.608. The van der Waals surface area contributed by atoms with Gasteiger partial charge in [-0.3, -0.25) is 30.7 Å². The van der Waals surface area contributed by atoms with Crippen LogP contribution >= 0.6 is 11.3 Å². The fraction of sp³-hybridized carbons (Fsp3) is 0.125. The molecule has 1 amide bonds. The molecule has 0 atom stereocenters. The van der Waals surface area contributed by atoms with E-state index < -0.39 is 10.8 Å². The zero-order chi connectivity index (χ0) is 19.1. The Balaban J connectivity index is 1.69. The van der Waals surface area contributed by atoms with Crippen LogP contribution in [0, 0.1) is 10.1 Å². The molecule has 0 aromatic carbocycles. The van der Waals surface area contributed by atoms with E-state index in [0.717, 1.165) is 4.88 Å². The van der Waals surface area contributed by atoms with Gasteiger partial charge in [0.15, 0.2) is 0 Å². The first-order valence-corrected chi connectivity index (χ1v) is 8.76. The molecule has 0 spiro atoms. The minimum absolute atomic E-state index is 0.0705. The van der Waals surface area contributed by atoms with Crippen molar-refractivity contribution in [2.75, 3.05) is 17.3 Å². The van der Waals surface area contributed by atoms with Crippen LogP contribution in [0.15, 0.2) is 48.2 Å². The van der Waals surface area contributed by atoms with Crippen LogP contribution in [0.1, 0.15) is 15.4 Å². The Bertz CT molecular complexity index is 919. The van der Waals surface area contributed by atoms with E-state index in [0.29, 0.717) is 13.0 Å². The summed E-state index contributed by atoms with van der Waals surface area (Å²) in [5.41, 5.74) is 4.62. The minimum Gasteiger partial charge on any atom is -0.364 e. The molecule has 3 heterocycles. The Labute approximate surface area is 157 Å². The molecule has 3 rings (SSSR count). The molecule has 3 N–H and O–H groups in total. The summed E-state index contributed by atoms with van der Waals surface area (Å²) in [6, 6.07) is 8.78. The predicted octanol–water partition coefficient (Wildman–Crippen LogP) is 2.25. The van der Waals surface area contributed by atoms with Gasteiger partial charge in [0.2, 0.25) is 11.6 Å². The first-order chi connectivity index (χ1) is 13.1. The van der Waals surface area contributed by atoms with Gasteiger partial charge < -0.3 is 5.32 Å². The number of nitrogens with zero attached hydrogens (tertiary/aromatic N) is 4. The van der Waals surface area contributed by atoms with Crippen LogP contribution in [-0.2, 0) is 6.42 Å². The van der Waals surface area contributed by atoms with Gasteiger partial charge in [-0.25, -0.2) is 9.97 Å². The molecule has 0 radical (unpaired) electrons. The first-order valence-electron chi connectivity index (χ1n) is 7.88. The quantitative estimate of drug-likeness (QED) is 0.397. The average Bonchev–Trinajstić information content (AvgIpc) is 3.20. The number of carbonyl (C=O) groups is 1. The number of nitrogens with one attached hydrogen (secondary N) is 3.